The van der Waals surface area contributed by atoms with Gasteiger partial charge in [-0.05, 0) is 43.3 Å². The van der Waals surface area contributed by atoms with Crippen molar-refractivity contribution in [3.05, 3.63) is 96.1 Å². The number of hydrogen-bond donors (Lipinski definition) is 0. The van der Waals surface area contributed by atoms with Crippen LogP contribution in [0.15, 0.2) is 89.9 Å². The second-order valence-corrected chi connectivity index (χ2v) is 5.03. The van der Waals surface area contributed by atoms with Crippen LogP contribution in [0.2, 0.25) is 0 Å². The van der Waals surface area contributed by atoms with Gasteiger partial charge >= 0.3 is 0 Å². The van der Waals surface area contributed by atoms with Crippen LogP contribution in [0.1, 0.15) is 11.1 Å². The van der Waals surface area contributed by atoms with E-state index in [1.54, 1.807) is 0 Å². The second-order valence-electron chi connectivity index (χ2n) is 5.03. The van der Waals surface area contributed by atoms with E-state index in [9.17, 15) is 0 Å². The standard InChI is InChI=1S/C20H17NO/c1-16-12-14-18(15-13-16)21-20(17-8-4-2-5-9-17)22-19-10-6-3-7-11-19/h2-15H,1H3. The Labute approximate surface area is 130 Å². The van der Waals surface area contributed by atoms with Crippen LogP contribution in [0, 0.1) is 6.92 Å². The van der Waals surface area contributed by atoms with Crippen LogP contribution < -0.4 is 4.74 Å². The highest BCUT2D eigenvalue weighted by Gasteiger charge is 2.06. The zero-order chi connectivity index (χ0) is 15.2. The molecule has 2 nitrogen and oxygen atoms in total. The van der Waals surface area contributed by atoms with Gasteiger partial charge < -0.3 is 4.74 Å². The molecule has 2 heteroatoms. The molecule has 0 aliphatic rings. The van der Waals surface area contributed by atoms with Gasteiger partial charge in [0.15, 0.2) is 0 Å². The number of hydrogen-bond acceptors (Lipinski definition) is 2. The van der Waals surface area contributed by atoms with Gasteiger partial charge in [0, 0.05) is 5.56 Å². The summed E-state index contributed by atoms with van der Waals surface area (Å²) in [6, 6.07) is 27.7. The number of rotatable bonds is 3. The van der Waals surface area contributed by atoms with E-state index < -0.39 is 0 Å². The van der Waals surface area contributed by atoms with Crippen molar-refractivity contribution in [2.45, 2.75) is 6.92 Å². The Bertz CT molecular complexity index is 747. The minimum atomic E-state index is 0.593. The van der Waals surface area contributed by atoms with E-state index >= 15 is 0 Å². The van der Waals surface area contributed by atoms with E-state index in [2.05, 4.69) is 11.9 Å². The Morgan fingerprint density at radius 1 is 0.727 bits per heavy atom. The highest BCUT2D eigenvalue weighted by Crippen LogP contribution is 2.18. The van der Waals surface area contributed by atoms with Crippen LogP contribution >= 0.6 is 0 Å². The minimum absolute atomic E-state index is 0.593. The topological polar surface area (TPSA) is 21.6 Å². The van der Waals surface area contributed by atoms with Crippen LogP contribution in [0.5, 0.6) is 5.75 Å². The lowest BCUT2D eigenvalue weighted by Crippen LogP contribution is -2.09. The summed E-state index contributed by atoms with van der Waals surface area (Å²) in [7, 11) is 0. The minimum Gasteiger partial charge on any atom is -0.438 e. The summed E-state index contributed by atoms with van der Waals surface area (Å²) >= 11 is 0. The van der Waals surface area contributed by atoms with Crippen LogP contribution in [-0.2, 0) is 0 Å². The van der Waals surface area contributed by atoms with Gasteiger partial charge in [0.05, 0.1) is 5.69 Å². The predicted molar refractivity (Wildman–Crippen MR) is 90.9 cm³/mol. The van der Waals surface area contributed by atoms with Crippen LogP contribution in [0.4, 0.5) is 5.69 Å². The van der Waals surface area contributed by atoms with Gasteiger partial charge in [-0.15, -0.1) is 0 Å². The second kappa shape index (κ2) is 6.72. The fourth-order valence-corrected chi connectivity index (χ4v) is 2.06. The molecular formula is C20H17NO. The Morgan fingerprint density at radius 3 is 1.95 bits per heavy atom. The largest absolute Gasteiger partial charge is 0.438 e. The normalized spacial score (nSPS) is 11.2. The maximum absolute atomic E-state index is 5.98. The van der Waals surface area contributed by atoms with E-state index in [0.717, 1.165) is 17.0 Å². The molecule has 0 unspecified atom stereocenters. The van der Waals surface area contributed by atoms with Crippen molar-refractivity contribution >= 4 is 11.6 Å². The van der Waals surface area contributed by atoms with Gasteiger partial charge in [-0.1, -0.05) is 54.1 Å². The number of benzene rings is 3. The molecule has 0 aromatic heterocycles. The first kappa shape index (κ1) is 14.1. The Hall–Kier alpha value is -2.87. The summed E-state index contributed by atoms with van der Waals surface area (Å²) in [5.74, 6) is 1.37. The van der Waals surface area contributed by atoms with E-state index in [1.807, 2.05) is 84.9 Å². The summed E-state index contributed by atoms with van der Waals surface area (Å²) in [6.45, 7) is 2.06. The molecule has 0 atom stereocenters. The first-order valence-electron chi connectivity index (χ1n) is 7.25. The number of para-hydroxylation sites is 1. The van der Waals surface area contributed by atoms with Crippen molar-refractivity contribution in [1.82, 2.24) is 0 Å². The molecule has 22 heavy (non-hydrogen) atoms. The first-order valence-corrected chi connectivity index (χ1v) is 7.25. The highest BCUT2D eigenvalue weighted by atomic mass is 16.5. The molecule has 3 aromatic rings. The Kier molecular flexibility index (Phi) is 4.30. The number of aryl methyl sites for hydroxylation is 1. The lowest BCUT2D eigenvalue weighted by Gasteiger charge is -2.09. The average Bonchev–Trinajstić information content (AvgIpc) is 2.58. The van der Waals surface area contributed by atoms with Crippen molar-refractivity contribution in [2.24, 2.45) is 4.99 Å². The first-order chi connectivity index (χ1) is 10.8. The van der Waals surface area contributed by atoms with Gasteiger partial charge in [-0.2, -0.15) is 0 Å². The van der Waals surface area contributed by atoms with Crippen molar-refractivity contribution in [1.29, 1.82) is 0 Å². The van der Waals surface area contributed by atoms with Gasteiger partial charge in [0.1, 0.15) is 5.75 Å². The molecule has 0 N–H and O–H groups in total. The molecule has 0 bridgehead atoms. The smallest absolute Gasteiger partial charge is 0.227 e. The molecule has 0 radical (unpaired) electrons. The van der Waals surface area contributed by atoms with E-state index in [-0.39, 0.29) is 0 Å². The monoisotopic (exact) mass is 287 g/mol. The summed E-state index contributed by atoms with van der Waals surface area (Å²) < 4.78 is 5.98. The quantitative estimate of drug-likeness (QED) is 0.482. The third-order valence-electron chi connectivity index (χ3n) is 3.24. The SMILES string of the molecule is Cc1ccc(N=C(Oc2ccccc2)c2ccccc2)cc1. The van der Waals surface area contributed by atoms with Crippen molar-refractivity contribution in [2.75, 3.05) is 0 Å². The van der Waals surface area contributed by atoms with Gasteiger partial charge in [0.2, 0.25) is 5.90 Å². The molecule has 0 fully saturated rings. The lowest BCUT2D eigenvalue weighted by molar-refractivity contribution is 0.553. The molecule has 0 saturated heterocycles. The summed E-state index contributed by atoms with van der Waals surface area (Å²) in [5, 5.41) is 0. The zero-order valence-corrected chi connectivity index (χ0v) is 12.4. The van der Waals surface area contributed by atoms with Crippen molar-refractivity contribution < 1.29 is 4.74 Å². The lowest BCUT2D eigenvalue weighted by atomic mass is 10.2. The highest BCUT2D eigenvalue weighted by molar-refractivity contribution is 5.97. The zero-order valence-electron chi connectivity index (χ0n) is 12.4. The summed E-state index contributed by atoms with van der Waals surface area (Å²) in [4.78, 5) is 4.66. The van der Waals surface area contributed by atoms with Crippen LogP contribution in [0.3, 0.4) is 0 Å². The maximum atomic E-state index is 5.98. The van der Waals surface area contributed by atoms with Crippen molar-refractivity contribution in [3.63, 3.8) is 0 Å². The number of ether oxygens (including phenoxy) is 1. The molecule has 108 valence electrons. The van der Waals surface area contributed by atoms with Gasteiger partial charge in [-0.3, -0.25) is 0 Å². The summed E-state index contributed by atoms with van der Waals surface area (Å²) in [6.07, 6.45) is 0. The molecular weight excluding hydrogens is 270 g/mol. The Balaban J connectivity index is 1.97. The van der Waals surface area contributed by atoms with E-state index in [1.165, 1.54) is 5.56 Å². The fraction of sp³-hybridized carbons (Fsp3) is 0.0500. The fourth-order valence-electron chi connectivity index (χ4n) is 2.06. The Morgan fingerprint density at radius 2 is 1.32 bits per heavy atom. The van der Waals surface area contributed by atoms with Gasteiger partial charge in [0.25, 0.3) is 0 Å². The molecule has 0 aliphatic heterocycles. The molecule has 0 aliphatic carbocycles. The molecule has 0 spiro atoms. The summed E-state index contributed by atoms with van der Waals surface area (Å²) in [5.41, 5.74) is 3.04. The molecule has 0 amide bonds. The van der Waals surface area contributed by atoms with Crippen LogP contribution in [0.25, 0.3) is 0 Å². The molecule has 3 aromatic carbocycles. The van der Waals surface area contributed by atoms with E-state index in [0.29, 0.717) is 5.90 Å². The predicted octanol–water partition coefficient (Wildman–Crippen LogP) is 5.15. The third-order valence-corrected chi connectivity index (χ3v) is 3.24. The molecule has 3 rings (SSSR count). The maximum Gasteiger partial charge on any atom is 0.227 e. The third kappa shape index (κ3) is 3.61. The average molecular weight is 287 g/mol. The number of nitrogens with zero attached hydrogens (tertiary/aromatic N) is 1. The molecule has 0 heterocycles. The van der Waals surface area contributed by atoms with Crippen molar-refractivity contribution in [3.8, 4) is 5.75 Å². The molecule has 0 saturated carbocycles. The van der Waals surface area contributed by atoms with E-state index in [4.69, 9.17) is 4.74 Å². The number of aliphatic imine (C=N–C) groups is 1. The van der Waals surface area contributed by atoms with Crippen LogP contribution in [-0.4, -0.2) is 5.90 Å². The van der Waals surface area contributed by atoms with Gasteiger partial charge in [-0.25, -0.2) is 4.99 Å².